The third-order valence-electron chi connectivity index (χ3n) is 5.55. The van der Waals surface area contributed by atoms with Crippen LogP contribution in [0, 0.1) is 6.92 Å². The van der Waals surface area contributed by atoms with Crippen LogP contribution in [0.25, 0.3) is 11.0 Å². The summed E-state index contributed by atoms with van der Waals surface area (Å²) < 4.78 is 5.75. The van der Waals surface area contributed by atoms with Crippen LogP contribution in [0.5, 0.6) is 0 Å². The number of aliphatic hydroxyl groups excluding tert-OH is 1. The zero-order chi connectivity index (χ0) is 22.4. The van der Waals surface area contributed by atoms with Crippen LogP contribution in [0.4, 0.5) is 5.69 Å². The summed E-state index contributed by atoms with van der Waals surface area (Å²) in [6.07, 6.45) is 0. The minimum Gasteiger partial charge on any atom is -0.503 e. The Labute approximate surface area is 189 Å². The summed E-state index contributed by atoms with van der Waals surface area (Å²) >= 11 is 6.17. The average molecular weight is 444 g/mol. The van der Waals surface area contributed by atoms with Crippen molar-refractivity contribution in [3.8, 4) is 0 Å². The highest BCUT2D eigenvalue weighted by molar-refractivity contribution is 6.31. The SMILES string of the molecule is Cc1cccc(C2C(C(=O)c3cc4ccccc4o3)=C(O)C(=O)N2c2cccc(Cl)c2)c1. The van der Waals surface area contributed by atoms with Crippen LogP contribution in [0.3, 0.4) is 0 Å². The molecule has 5 rings (SSSR count). The maximum Gasteiger partial charge on any atom is 0.294 e. The zero-order valence-electron chi connectivity index (χ0n) is 17.1. The molecule has 32 heavy (non-hydrogen) atoms. The molecule has 0 radical (unpaired) electrons. The summed E-state index contributed by atoms with van der Waals surface area (Å²) in [5.74, 6) is -1.74. The number of Topliss-reactive ketones (excluding diaryl/α,β-unsaturated/α-hetero) is 1. The number of aryl methyl sites for hydroxylation is 1. The first-order valence-corrected chi connectivity index (χ1v) is 10.4. The molecule has 1 unspecified atom stereocenters. The Morgan fingerprint density at radius 2 is 1.78 bits per heavy atom. The molecule has 4 aromatic rings. The first kappa shape index (κ1) is 20.1. The van der Waals surface area contributed by atoms with Crippen molar-refractivity contribution in [1.82, 2.24) is 0 Å². The number of furan rings is 1. The Morgan fingerprint density at radius 3 is 2.53 bits per heavy atom. The molecule has 1 N–H and O–H groups in total. The molecule has 5 nitrogen and oxygen atoms in total. The summed E-state index contributed by atoms with van der Waals surface area (Å²) in [4.78, 5) is 28.2. The Hall–Kier alpha value is -3.83. The van der Waals surface area contributed by atoms with Gasteiger partial charge in [-0.1, -0.05) is 65.7 Å². The van der Waals surface area contributed by atoms with E-state index in [1.807, 2.05) is 49.4 Å². The number of carbonyl (C=O) groups is 2. The quantitative estimate of drug-likeness (QED) is 0.382. The van der Waals surface area contributed by atoms with Crippen LogP contribution >= 0.6 is 11.6 Å². The number of benzene rings is 3. The van der Waals surface area contributed by atoms with Gasteiger partial charge in [-0.15, -0.1) is 0 Å². The molecule has 0 aliphatic carbocycles. The zero-order valence-corrected chi connectivity index (χ0v) is 17.8. The minimum absolute atomic E-state index is 0.0281. The first-order chi connectivity index (χ1) is 15.4. The Balaban J connectivity index is 1.68. The fraction of sp³-hybridized carbons (Fsp3) is 0.0769. The highest BCUT2D eigenvalue weighted by atomic mass is 35.5. The number of carbonyl (C=O) groups excluding carboxylic acids is 2. The number of aliphatic hydroxyl groups is 1. The van der Waals surface area contributed by atoms with Gasteiger partial charge in [0.05, 0.1) is 11.6 Å². The van der Waals surface area contributed by atoms with Gasteiger partial charge in [0.15, 0.2) is 11.5 Å². The molecule has 0 spiro atoms. The van der Waals surface area contributed by atoms with Gasteiger partial charge in [-0.3, -0.25) is 14.5 Å². The predicted octanol–water partition coefficient (Wildman–Crippen LogP) is 6.18. The second-order valence-electron chi connectivity index (χ2n) is 7.71. The highest BCUT2D eigenvalue weighted by Crippen LogP contribution is 2.43. The van der Waals surface area contributed by atoms with Gasteiger partial charge >= 0.3 is 0 Å². The van der Waals surface area contributed by atoms with E-state index in [9.17, 15) is 14.7 Å². The fourth-order valence-corrected chi connectivity index (χ4v) is 4.30. The lowest BCUT2D eigenvalue weighted by Crippen LogP contribution is -2.31. The van der Waals surface area contributed by atoms with Gasteiger partial charge in [0.1, 0.15) is 5.58 Å². The van der Waals surface area contributed by atoms with E-state index in [0.29, 0.717) is 21.9 Å². The van der Waals surface area contributed by atoms with E-state index in [-0.39, 0.29) is 11.3 Å². The number of ketones is 1. The lowest BCUT2D eigenvalue weighted by atomic mass is 9.94. The number of hydrogen-bond donors (Lipinski definition) is 1. The van der Waals surface area contributed by atoms with Crippen molar-refractivity contribution < 1.29 is 19.1 Å². The van der Waals surface area contributed by atoms with Crippen LogP contribution in [0.15, 0.2) is 94.6 Å². The third-order valence-corrected chi connectivity index (χ3v) is 5.78. The van der Waals surface area contributed by atoms with Gasteiger partial charge in [0, 0.05) is 16.1 Å². The normalized spacial score (nSPS) is 16.2. The minimum atomic E-state index is -0.832. The van der Waals surface area contributed by atoms with Crippen molar-refractivity contribution in [3.63, 3.8) is 0 Å². The summed E-state index contributed by atoms with van der Waals surface area (Å²) in [6, 6.07) is 22.3. The predicted molar refractivity (Wildman–Crippen MR) is 123 cm³/mol. The molecule has 3 aromatic carbocycles. The standard InChI is InChI=1S/C26H18ClNO4/c1-15-6-4-8-17(12-15)23-22(24(29)21-13-16-7-2-3-11-20(16)32-21)25(30)26(31)28(23)19-10-5-9-18(27)14-19/h2-14,23,30H,1H3. The van der Waals surface area contributed by atoms with Crippen molar-refractivity contribution >= 4 is 39.9 Å². The molecule has 6 heteroatoms. The van der Waals surface area contributed by atoms with Gasteiger partial charge in [0.2, 0.25) is 5.78 Å². The monoisotopic (exact) mass is 443 g/mol. The average Bonchev–Trinajstić information content (AvgIpc) is 3.33. The number of fused-ring (bicyclic) bond motifs is 1. The molecular formula is C26H18ClNO4. The lowest BCUT2D eigenvalue weighted by Gasteiger charge is -2.27. The second kappa shape index (κ2) is 7.70. The van der Waals surface area contributed by atoms with Gasteiger partial charge in [0.25, 0.3) is 5.91 Å². The maximum atomic E-state index is 13.6. The van der Waals surface area contributed by atoms with Gasteiger partial charge in [-0.25, -0.2) is 0 Å². The van der Waals surface area contributed by atoms with E-state index in [1.165, 1.54) is 4.90 Å². The number of amides is 1. The van der Waals surface area contributed by atoms with Crippen LogP contribution in [-0.4, -0.2) is 16.8 Å². The van der Waals surface area contributed by atoms with Crippen molar-refractivity contribution in [2.24, 2.45) is 0 Å². The number of rotatable bonds is 4. The molecule has 1 aromatic heterocycles. The van der Waals surface area contributed by atoms with Crippen molar-refractivity contribution in [1.29, 1.82) is 0 Å². The summed E-state index contributed by atoms with van der Waals surface area (Å²) in [5.41, 5.74) is 2.66. The smallest absolute Gasteiger partial charge is 0.294 e. The topological polar surface area (TPSA) is 70.7 Å². The van der Waals surface area contributed by atoms with Crippen LogP contribution < -0.4 is 4.90 Å². The van der Waals surface area contributed by atoms with E-state index >= 15 is 0 Å². The van der Waals surface area contributed by atoms with E-state index in [4.69, 9.17) is 16.0 Å². The van der Waals surface area contributed by atoms with E-state index in [0.717, 1.165) is 10.9 Å². The summed E-state index contributed by atoms with van der Waals surface area (Å²) in [5, 5.41) is 12.1. The van der Waals surface area contributed by atoms with E-state index in [2.05, 4.69) is 0 Å². The van der Waals surface area contributed by atoms with Gasteiger partial charge in [-0.05, 0) is 42.8 Å². The van der Waals surface area contributed by atoms with Crippen molar-refractivity contribution in [3.05, 3.63) is 112 Å². The summed E-state index contributed by atoms with van der Waals surface area (Å²) in [6.45, 7) is 1.92. The van der Waals surface area contributed by atoms with Crippen LogP contribution in [0.1, 0.15) is 27.7 Å². The fourth-order valence-electron chi connectivity index (χ4n) is 4.11. The largest absolute Gasteiger partial charge is 0.503 e. The van der Waals surface area contributed by atoms with Crippen LogP contribution in [0.2, 0.25) is 5.02 Å². The number of para-hydroxylation sites is 1. The molecule has 2 heterocycles. The maximum absolute atomic E-state index is 13.6. The Morgan fingerprint density at radius 1 is 1.00 bits per heavy atom. The number of halogens is 1. The molecule has 1 aliphatic rings. The number of hydrogen-bond acceptors (Lipinski definition) is 4. The van der Waals surface area contributed by atoms with Crippen molar-refractivity contribution in [2.75, 3.05) is 4.90 Å². The lowest BCUT2D eigenvalue weighted by molar-refractivity contribution is -0.117. The highest BCUT2D eigenvalue weighted by Gasteiger charge is 2.45. The van der Waals surface area contributed by atoms with E-state index < -0.39 is 23.5 Å². The van der Waals surface area contributed by atoms with Crippen molar-refractivity contribution in [2.45, 2.75) is 13.0 Å². The molecule has 1 amide bonds. The Kier molecular flexibility index (Phi) is 4.83. The molecule has 0 saturated heterocycles. The molecule has 158 valence electrons. The molecule has 0 saturated carbocycles. The Bertz CT molecular complexity index is 1390. The van der Waals surface area contributed by atoms with E-state index in [1.54, 1.807) is 36.4 Å². The molecule has 1 atom stereocenters. The van der Waals surface area contributed by atoms with Gasteiger partial charge < -0.3 is 9.52 Å². The second-order valence-corrected chi connectivity index (χ2v) is 8.15. The molecule has 0 fully saturated rings. The van der Waals surface area contributed by atoms with Crippen LogP contribution in [-0.2, 0) is 4.79 Å². The first-order valence-electron chi connectivity index (χ1n) is 10.1. The number of anilines is 1. The summed E-state index contributed by atoms with van der Waals surface area (Å²) in [7, 11) is 0. The third kappa shape index (κ3) is 3.27. The number of nitrogens with zero attached hydrogens (tertiary/aromatic N) is 1. The molecule has 1 aliphatic heterocycles. The van der Waals surface area contributed by atoms with Gasteiger partial charge in [-0.2, -0.15) is 0 Å². The molecular weight excluding hydrogens is 426 g/mol. The molecule has 0 bridgehead atoms.